The molecule has 3 rings (SSSR count). The van der Waals surface area contributed by atoms with Crippen molar-refractivity contribution < 1.29 is 0 Å². The SMILES string of the molecule is CC.CCC1=CC(CC)=C2C=CC=C3C=CC(CC)=C1C32. The largest absolute Gasteiger partial charge is 0.0683 e. The summed E-state index contributed by atoms with van der Waals surface area (Å²) in [7, 11) is 0. The smallest absolute Gasteiger partial charge is 0.0348 e. The second-order valence-electron chi connectivity index (χ2n) is 5.44. The van der Waals surface area contributed by atoms with E-state index in [4.69, 9.17) is 0 Å². The van der Waals surface area contributed by atoms with Crippen molar-refractivity contribution in [2.75, 3.05) is 0 Å². The summed E-state index contributed by atoms with van der Waals surface area (Å²) in [5.41, 5.74) is 9.19. The van der Waals surface area contributed by atoms with Crippen molar-refractivity contribution in [2.45, 2.75) is 53.9 Å². The monoisotopic (exact) mass is 280 g/mol. The van der Waals surface area contributed by atoms with E-state index in [9.17, 15) is 0 Å². The molecule has 3 aliphatic carbocycles. The lowest BCUT2D eigenvalue weighted by Crippen LogP contribution is -2.21. The molecule has 1 atom stereocenters. The molecule has 0 amide bonds. The Kier molecular flexibility index (Phi) is 5.22. The molecule has 3 aliphatic rings. The Morgan fingerprint density at radius 3 is 2.19 bits per heavy atom. The van der Waals surface area contributed by atoms with Gasteiger partial charge in [0.2, 0.25) is 0 Å². The molecular weight excluding hydrogens is 252 g/mol. The van der Waals surface area contributed by atoms with Gasteiger partial charge >= 0.3 is 0 Å². The van der Waals surface area contributed by atoms with Crippen LogP contribution in [-0.2, 0) is 0 Å². The summed E-state index contributed by atoms with van der Waals surface area (Å²) in [5.74, 6) is 0.514. The Labute approximate surface area is 130 Å². The number of hydrogen-bond donors (Lipinski definition) is 0. The van der Waals surface area contributed by atoms with Gasteiger partial charge in [-0.3, -0.25) is 0 Å². The third-order valence-electron chi connectivity index (χ3n) is 4.53. The molecule has 0 heteroatoms. The van der Waals surface area contributed by atoms with Gasteiger partial charge in [-0.15, -0.1) is 0 Å². The van der Waals surface area contributed by atoms with Crippen molar-refractivity contribution >= 4 is 0 Å². The van der Waals surface area contributed by atoms with E-state index in [1.807, 2.05) is 13.8 Å². The zero-order chi connectivity index (χ0) is 15.4. The third kappa shape index (κ3) is 2.64. The summed E-state index contributed by atoms with van der Waals surface area (Å²) in [4.78, 5) is 0. The van der Waals surface area contributed by atoms with Crippen LogP contribution >= 0.6 is 0 Å². The van der Waals surface area contributed by atoms with Crippen LogP contribution in [-0.4, -0.2) is 0 Å². The highest BCUT2D eigenvalue weighted by atomic mass is 14.4. The second-order valence-corrected chi connectivity index (χ2v) is 5.44. The predicted octanol–water partition coefficient (Wildman–Crippen LogP) is 6.46. The molecule has 0 saturated heterocycles. The van der Waals surface area contributed by atoms with Crippen molar-refractivity contribution in [1.82, 2.24) is 0 Å². The van der Waals surface area contributed by atoms with E-state index in [1.54, 1.807) is 11.1 Å². The quantitative estimate of drug-likeness (QED) is 0.556. The summed E-state index contributed by atoms with van der Waals surface area (Å²) in [6.07, 6.45) is 17.3. The maximum absolute atomic E-state index is 2.45. The van der Waals surface area contributed by atoms with Gasteiger partial charge in [0.15, 0.2) is 0 Å². The average molecular weight is 280 g/mol. The van der Waals surface area contributed by atoms with Crippen molar-refractivity contribution in [3.63, 3.8) is 0 Å². The Morgan fingerprint density at radius 2 is 1.57 bits per heavy atom. The maximum atomic E-state index is 2.45. The summed E-state index contributed by atoms with van der Waals surface area (Å²) in [6, 6.07) is 0. The van der Waals surface area contributed by atoms with Gasteiger partial charge in [0, 0.05) is 5.92 Å². The van der Waals surface area contributed by atoms with Crippen LogP contribution in [0.1, 0.15) is 53.9 Å². The number of hydrogen-bond acceptors (Lipinski definition) is 0. The molecule has 1 unspecified atom stereocenters. The molecule has 0 nitrogen and oxygen atoms in total. The van der Waals surface area contributed by atoms with E-state index in [0.717, 1.165) is 19.3 Å². The van der Waals surface area contributed by atoms with Crippen LogP contribution in [0.15, 0.2) is 69.9 Å². The Morgan fingerprint density at radius 1 is 0.857 bits per heavy atom. The standard InChI is InChI=1S/C19H22.C2H6/c1-4-13-10-11-16-8-7-9-17-14(5-2)12-15(6-3)18(13)19(16)17;1-2/h7-12,19H,4-6H2,1-3H3;1-2H3. The van der Waals surface area contributed by atoms with Crippen LogP contribution in [0.4, 0.5) is 0 Å². The molecule has 0 radical (unpaired) electrons. The summed E-state index contributed by atoms with van der Waals surface area (Å²) in [6.45, 7) is 10.8. The Hall–Kier alpha value is -1.56. The summed E-state index contributed by atoms with van der Waals surface area (Å²) >= 11 is 0. The molecule has 0 aromatic carbocycles. The predicted molar refractivity (Wildman–Crippen MR) is 94.2 cm³/mol. The molecule has 0 heterocycles. The van der Waals surface area contributed by atoms with Gasteiger partial charge in [0.25, 0.3) is 0 Å². The molecule has 0 aliphatic heterocycles. The summed E-state index contributed by atoms with van der Waals surface area (Å²) in [5, 5.41) is 0. The van der Waals surface area contributed by atoms with E-state index in [1.165, 1.54) is 22.3 Å². The minimum Gasteiger partial charge on any atom is -0.0683 e. The van der Waals surface area contributed by atoms with Gasteiger partial charge in [0.1, 0.15) is 0 Å². The minimum absolute atomic E-state index is 0.514. The first-order chi connectivity index (χ1) is 10.3. The summed E-state index contributed by atoms with van der Waals surface area (Å²) < 4.78 is 0. The first kappa shape index (κ1) is 15.8. The van der Waals surface area contributed by atoms with E-state index in [0.29, 0.717) is 5.92 Å². The van der Waals surface area contributed by atoms with Gasteiger partial charge in [0.05, 0.1) is 0 Å². The average Bonchev–Trinajstić information content (AvgIpc) is 2.57. The molecule has 0 saturated carbocycles. The second kappa shape index (κ2) is 6.93. The highest BCUT2D eigenvalue weighted by Gasteiger charge is 2.32. The van der Waals surface area contributed by atoms with Gasteiger partial charge in [-0.25, -0.2) is 0 Å². The van der Waals surface area contributed by atoms with E-state index >= 15 is 0 Å². The van der Waals surface area contributed by atoms with Gasteiger partial charge in [-0.05, 0) is 52.7 Å². The lowest BCUT2D eigenvalue weighted by atomic mass is 9.68. The van der Waals surface area contributed by atoms with Crippen LogP contribution in [0, 0.1) is 5.92 Å². The van der Waals surface area contributed by atoms with Gasteiger partial charge in [-0.2, -0.15) is 0 Å². The fraction of sp³-hybridized carbons (Fsp3) is 0.429. The van der Waals surface area contributed by atoms with Crippen molar-refractivity contribution in [2.24, 2.45) is 5.92 Å². The van der Waals surface area contributed by atoms with Crippen LogP contribution < -0.4 is 0 Å². The van der Waals surface area contributed by atoms with Crippen LogP contribution in [0.25, 0.3) is 0 Å². The molecule has 0 fully saturated rings. The molecule has 0 aromatic heterocycles. The van der Waals surface area contributed by atoms with Gasteiger partial charge in [-0.1, -0.05) is 71.1 Å². The van der Waals surface area contributed by atoms with E-state index in [-0.39, 0.29) is 0 Å². The van der Waals surface area contributed by atoms with E-state index in [2.05, 4.69) is 57.2 Å². The Balaban J connectivity index is 0.000000774. The maximum Gasteiger partial charge on any atom is 0.0348 e. The van der Waals surface area contributed by atoms with Gasteiger partial charge < -0.3 is 0 Å². The molecule has 112 valence electrons. The first-order valence-corrected chi connectivity index (χ1v) is 8.53. The first-order valence-electron chi connectivity index (χ1n) is 8.53. The third-order valence-corrected chi connectivity index (χ3v) is 4.53. The number of rotatable bonds is 3. The van der Waals surface area contributed by atoms with Crippen LogP contribution in [0.3, 0.4) is 0 Å². The molecule has 0 N–H and O–H groups in total. The molecule has 0 spiro atoms. The zero-order valence-electron chi connectivity index (χ0n) is 14.2. The highest BCUT2D eigenvalue weighted by molar-refractivity contribution is 5.65. The molecule has 21 heavy (non-hydrogen) atoms. The highest BCUT2D eigenvalue weighted by Crippen LogP contribution is 2.47. The fourth-order valence-electron chi connectivity index (χ4n) is 3.54. The lowest BCUT2D eigenvalue weighted by Gasteiger charge is -2.36. The van der Waals surface area contributed by atoms with Crippen molar-refractivity contribution in [3.05, 3.63) is 69.9 Å². The molecule has 0 bridgehead atoms. The van der Waals surface area contributed by atoms with E-state index < -0.39 is 0 Å². The fourth-order valence-corrected chi connectivity index (χ4v) is 3.54. The number of allylic oxidation sites excluding steroid dienone is 12. The lowest BCUT2D eigenvalue weighted by molar-refractivity contribution is 0.791. The molecule has 0 aromatic rings. The minimum atomic E-state index is 0.514. The Bertz CT molecular complexity index is 584. The van der Waals surface area contributed by atoms with Crippen LogP contribution in [0.2, 0.25) is 0 Å². The van der Waals surface area contributed by atoms with Crippen molar-refractivity contribution in [1.29, 1.82) is 0 Å². The topological polar surface area (TPSA) is 0 Å². The van der Waals surface area contributed by atoms with Crippen LogP contribution in [0.5, 0.6) is 0 Å². The van der Waals surface area contributed by atoms with Crippen molar-refractivity contribution in [3.8, 4) is 0 Å². The molecular formula is C21H28. The normalized spacial score (nSPS) is 22.4. The zero-order valence-corrected chi connectivity index (χ0v) is 14.2.